The van der Waals surface area contributed by atoms with Gasteiger partial charge in [-0.15, -0.1) is 0 Å². The van der Waals surface area contributed by atoms with E-state index < -0.39 is 11.7 Å². The third kappa shape index (κ3) is 2.72. The predicted molar refractivity (Wildman–Crippen MR) is 91.4 cm³/mol. The molecule has 3 aromatic rings. The van der Waals surface area contributed by atoms with Crippen LogP contribution in [0.5, 0.6) is 11.5 Å². The van der Waals surface area contributed by atoms with E-state index in [2.05, 4.69) is 10.6 Å². The lowest BCUT2D eigenvalue weighted by atomic mass is 10.1. The largest absolute Gasteiger partial charge is 0.504 e. The standard InChI is InChI=1S/C18H14N2O4/c21-10-19-14-7-1-5-12-11(14)4-2-8-15(12)20-18(24)13-6-3-9-16(22)17(13)23/h1-10,22-23H,(H,19,21)(H,20,24). The van der Waals surface area contributed by atoms with E-state index in [1.54, 1.807) is 24.3 Å². The summed E-state index contributed by atoms with van der Waals surface area (Å²) in [6.07, 6.45) is 0.588. The number of carbonyl (C=O) groups is 2. The van der Waals surface area contributed by atoms with E-state index in [-0.39, 0.29) is 11.3 Å². The number of amides is 2. The lowest BCUT2D eigenvalue weighted by Crippen LogP contribution is -2.12. The monoisotopic (exact) mass is 322 g/mol. The summed E-state index contributed by atoms with van der Waals surface area (Å²) in [5, 5.41) is 26.1. The smallest absolute Gasteiger partial charge is 0.259 e. The normalized spacial score (nSPS) is 10.3. The predicted octanol–water partition coefficient (Wildman–Crippen LogP) is 3.07. The van der Waals surface area contributed by atoms with E-state index in [1.165, 1.54) is 18.2 Å². The van der Waals surface area contributed by atoms with Gasteiger partial charge in [0.05, 0.1) is 5.56 Å². The van der Waals surface area contributed by atoms with Gasteiger partial charge in [-0.1, -0.05) is 30.3 Å². The number of phenols is 2. The van der Waals surface area contributed by atoms with Crippen LogP contribution < -0.4 is 10.6 Å². The van der Waals surface area contributed by atoms with Gasteiger partial charge in [-0.05, 0) is 24.3 Å². The summed E-state index contributed by atoms with van der Waals surface area (Å²) in [5.41, 5.74) is 1.11. The maximum Gasteiger partial charge on any atom is 0.259 e. The first-order chi connectivity index (χ1) is 11.6. The number of para-hydroxylation sites is 1. The highest BCUT2D eigenvalue weighted by Crippen LogP contribution is 2.31. The Labute approximate surface area is 137 Å². The third-order valence-corrected chi connectivity index (χ3v) is 3.64. The summed E-state index contributed by atoms with van der Waals surface area (Å²) in [6, 6.07) is 14.8. The Bertz CT molecular complexity index is 937. The first-order valence-corrected chi connectivity index (χ1v) is 7.16. The van der Waals surface area contributed by atoms with Gasteiger partial charge in [-0.3, -0.25) is 9.59 Å². The topological polar surface area (TPSA) is 98.7 Å². The van der Waals surface area contributed by atoms with Crippen molar-refractivity contribution in [3.8, 4) is 11.5 Å². The molecule has 120 valence electrons. The number of benzene rings is 3. The Kier molecular flexibility index (Phi) is 4.03. The van der Waals surface area contributed by atoms with Gasteiger partial charge >= 0.3 is 0 Å². The number of hydrogen-bond donors (Lipinski definition) is 4. The molecule has 0 radical (unpaired) electrons. The molecular weight excluding hydrogens is 308 g/mol. The summed E-state index contributed by atoms with van der Waals surface area (Å²) in [6.45, 7) is 0. The van der Waals surface area contributed by atoms with Crippen LogP contribution in [0.4, 0.5) is 11.4 Å². The Morgan fingerprint density at radius 1 is 0.875 bits per heavy atom. The zero-order chi connectivity index (χ0) is 17.1. The van der Waals surface area contributed by atoms with Gasteiger partial charge in [-0.25, -0.2) is 0 Å². The molecule has 0 heterocycles. The van der Waals surface area contributed by atoms with Gasteiger partial charge in [0.25, 0.3) is 5.91 Å². The van der Waals surface area contributed by atoms with Gasteiger partial charge in [0.15, 0.2) is 11.5 Å². The zero-order valence-corrected chi connectivity index (χ0v) is 12.5. The fourth-order valence-electron chi connectivity index (χ4n) is 2.51. The van der Waals surface area contributed by atoms with Crippen molar-refractivity contribution in [1.82, 2.24) is 0 Å². The van der Waals surface area contributed by atoms with E-state index in [0.29, 0.717) is 17.8 Å². The van der Waals surface area contributed by atoms with Crippen LogP contribution in [0.2, 0.25) is 0 Å². The van der Waals surface area contributed by atoms with Gasteiger partial charge < -0.3 is 20.8 Å². The SMILES string of the molecule is O=CNc1cccc2c(NC(=O)c3cccc(O)c3O)cccc12. The average molecular weight is 322 g/mol. The Morgan fingerprint density at radius 2 is 1.50 bits per heavy atom. The molecule has 0 saturated heterocycles. The van der Waals surface area contributed by atoms with Crippen molar-refractivity contribution in [3.05, 3.63) is 60.2 Å². The molecule has 0 atom stereocenters. The number of nitrogens with one attached hydrogen (secondary N) is 2. The van der Waals surface area contributed by atoms with Crippen LogP contribution in [0, 0.1) is 0 Å². The number of anilines is 2. The van der Waals surface area contributed by atoms with Gasteiger partial charge in [-0.2, -0.15) is 0 Å². The van der Waals surface area contributed by atoms with Crippen molar-refractivity contribution in [2.75, 3.05) is 10.6 Å². The highest BCUT2D eigenvalue weighted by Gasteiger charge is 2.15. The van der Waals surface area contributed by atoms with Crippen LogP contribution in [-0.4, -0.2) is 22.5 Å². The van der Waals surface area contributed by atoms with Crippen molar-refractivity contribution >= 4 is 34.5 Å². The van der Waals surface area contributed by atoms with Crippen LogP contribution in [0.3, 0.4) is 0 Å². The van der Waals surface area contributed by atoms with Gasteiger partial charge in [0.1, 0.15) is 0 Å². The maximum atomic E-state index is 12.4. The fraction of sp³-hybridized carbons (Fsp3) is 0. The van der Waals surface area contributed by atoms with Crippen LogP contribution >= 0.6 is 0 Å². The van der Waals surface area contributed by atoms with E-state index in [0.717, 1.165) is 10.8 Å². The summed E-state index contributed by atoms with van der Waals surface area (Å²) >= 11 is 0. The first-order valence-electron chi connectivity index (χ1n) is 7.16. The molecule has 0 fully saturated rings. The maximum absolute atomic E-state index is 12.4. The van der Waals surface area contributed by atoms with E-state index >= 15 is 0 Å². The summed E-state index contributed by atoms with van der Waals surface area (Å²) < 4.78 is 0. The molecular formula is C18H14N2O4. The number of phenolic OH excluding ortho intramolecular Hbond substituents is 2. The second-order valence-corrected chi connectivity index (χ2v) is 5.10. The zero-order valence-electron chi connectivity index (χ0n) is 12.5. The van der Waals surface area contributed by atoms with Gasteiger partial charge in [0.2, 0.25) is 6.41 Å². The molecule has 0 aliphatic heterocycles. The van der Waals surface area contributed by atoms with Crippen LogP contribution in [0.15, 0.2) is 54.6 Å². The highest BCUT2D eigenvalue weighted by molar-refractivity contribution is 6.12. The molecule has 2 amide bonds. The molecule has 6 heteroatoms. The molecule has 6 nitrogen and oxygen atoms in total. The van der Waals surface area contributed by atoms with Crippen LogP contribution in [-0.2, 0) is 4.79 Å². The number of aromatic hydroxyl groups is 2. The minimum absolute atomic E-state index is 0.0332. The lowest BCUT2D eigenvalue weighted by Gasteiger charge is -2.12. The van der Waals surface area contributed by atoms with Crippen LogP contribution in [0.1, 0.15) is 10.4 Å². The first kappa shape index (κ1) is 15.4. The number of hydrogen-bond acceptors (Lipinski definition) is 4. The Hall–Kier alpha value is -3.54. The number of fused-ring (bicyclic) bond motifs is 1. The molecule has 3 aromatic carbocycles. The molecule has 24 heavy (non-hydrogen) atoms. The molecule has 0 aliphatic carbocycles. The molecule has 0 saturated carbocycles. The number of carbonyl (C=O) groups excluding carboxylic acids is 2. The van der Waals surface area contributed by atoms with Crippen molar-refractivity contribution in [2.45, 2.75) is 0 Å². The van der Waals surface area contributed by atoms with E-state index in [1.807, 2.05) is 12.1 Å². The molecule has 0 unspecified atom stereocenters. The van der Waals surface area contributed by atoms with Crippen molar-refractivity contribution in [3.63, 3.8) is 0 Å². The van der Waals surface area contributed by atoms with Gasteiger partial charge in [0, 0.05) is 22.1 Å². The molecule has 0 aliphatic rings. The van der Waals surface area contributed by atoms with Crippen molar-refractivity contribution < 1.29 is 19.8 Å². The third-order valence-electron chi connectivity index (χ3n) is 3.64. The average Bonchev–Trinajstić information content (AvgIpc) is 2.58. The minimum atomic E-state index is -0.551. The second-order valence-electron chi connectivity index (χ2n) is 5.10. The molecule has 0 spiro atoms. The second kappa shape index (κ2) is 6.29. The molecule has 3 rings (SSSR count). The summed E-state index contributed by atoms with van der Waals surface area (Å²) in [5.74, 6) is -1.39. The Balaban J connectivity index is 2.01. The molecule has 0 bridgehead atoms. The minimum Gasteiger partial charge on any atom is -0.504 e. The molecule has 4 N–H and O–H groups in total. The van der Waals surface area contributed by atoms with E-state index in [9.17, 15) is 19.8 Å². The summed E-state index contributed by atoms with van der Waals surface area (Å²) in [4.78, 5) is 23.1. The lowest BCUT2D eigenvalue weighted by molar-refractivity contribution is -0.105. The van der Waals surface area contributed by atoms with E-state index in [4.69, 9.17) is 0 Å². The molecule has 0 aromatic heterocycles. The highest BCUT2D eigenvalue weighted by atomic mass is 16.3. The van der Waals surface area contributed by atoms with Crippen molar-refractivity contribution in [2.24, 2.45) is 0 Å². The Morgan fingerprint density at radius 3 is 2.21 bits per heavy atom. The summed E-state index contributed by atoms with van der Waals surface area (Å²) in [7, 11) is 0. The fourth-order valence-corrected chi connectivity index (χ4v) is 2.51. The van der Waals surface area contributed by atoms with Crippen molar-refractivity contribution in [1.29, 1.82) is 0 Å². The quantitative estimate of drug-likeness (QED) is 0.438. The van der Waals surface area contributed by atoms with Crippen LogP contribution in [0.25, 0.3) is 10.8 Å². The number of rotatable bonds is 4.